The number of carbonyl (C=O) groups is 1. The summed E-state index contributed by atoms with van der Waals surface area (Å²) in [7, 11) is 0. The molecule has 1 aromatic carbocycles. The number of nitrogens with zero attached hydrogens (tertiary/aromatic N) is 2. The number of nitrogen functional groups attached to an aromatic ring is 1. The van der Waals surface area contributed by atoms with E-state index in [1.165, 1.54) is 35.7 Å². The highest BCUT2D eigenvalue weighted by molar-refractivity contribution is 7.99. The van der Waals surface area contributed by atoms with E-state index in [0.717, 1.165) is 5.69 Å². The van der Waals surface area contributed by atoms with E-state index in [4.69, 9.17) is 5.73 Å². The van der Waals surface area contributed by atoms with E-state index in [0.29, 0.717) is 16.9 Å². The summed E-state index contributed by atoms with van der Waals surface area (Å²) in [5.74, 6) is 1.27. The molecule has 1 aliphatic carbocycles. The first-order valence-electron chi connectivity index (χ1n) is 8.11. The number of hydrogen-bond donors (Lipinski definition) is 2. The zero-order chi connectivity index (χ0) is 17.1. The first-order valence-corrected chi connectivity index (χ1v) is 9.10. The zero-order valence-electron chi connectivity index (χ0n) is 14.0. The molecular weight excluding hydrogens is 320 g/mol. The molecule has 0 aliphatic heterocycles. The Morgan fingerprint density at radius 3 is 2.62 bits per heavy atom. The van der Waals surface area contributed by atoms with Crippen LogP contribution in [0.5, 0.6) is 0 Å². The normalized spacial score (nSPS) is 15.1. The predicted octanol–water partition coefficient (Wildman–Crippen LogP) is 3.04. The predicted molar refractivity (Wildman–Crippen MR) is 96.7 cm³/mol. The van der Waals surface area contributed by atoms with Crippen LogP contribution in [0.1, 0.15) is 35.7 Å². The van der Waals surface area contributed by atoms with Crippen molar-refractivity contribution in [3.05, 3.63) is 47.2 Å². The summed E-state index contributed by atoms with van der Waals surface area (Å²) >= 11 is 1.31. The lowest BCUT2D eigenvalue weighted by Gasteiger charge is -2.19. The molecule has 0 saturated heterocycles. The molecule has 1 aromatic heterocycles. The average molecular weight is 342 g/mol. The third-order valence-electron chi connectivity index (χ3n) is 4.03. The third kappa shape index (κ3) is 4.47. The molecule has 0 unspecified atom stereocenters. The lowest BCUT2D eigenvalue weighted by Crippen LogP contribution is -2.31. The van der Waals surface area contributed by atoms with Crippen molar-refractivity contribution in [1.29, 1.82) is 0 Å². The van der Waals surface area contributed by atoms with Crippen LogP contribution in [-0.4, -0.2) is 21.6 Å². The molecule has 0 bridgehead atoms. The highest BCUT2D eigenvalue weighted by Crippen LogP contribution is 2.41. The number of carbonyl (C=O) groups excluding carboxylic acids is 1. The monoisotopic (exact) mass is 342 g/mol. The maximum Gasteiger partial charge on any atom is 0.230 e. The molecule has 126 valence electrons. The molecule has 0 spiro atoms. The van der Waals surface area contributed by atoms with Crippen molar-refractivity contribution in [2.24, 2.45) is 5.92 Å². The summed E-state index contributed by atoms with van der Waals surface area (Å²) in [6.45, 7) is 3.93. The highest BCUT2D eigenvalue weighted by Gasteiger charge is 2.33. The fourth-order valence-corrected chi connectivity index (χ4v) is 3.37. The Morgan fingerprint density at radius 2 is 2.00 bits per heavy atom. The van der Waals surface area contributed by atoms with E-state index in [-0.39, 0.29) is 17.7 Å². The number of nitrogens with one attached hydrogen (secondary N) is 1. The van der Waals surface area contributed by atoms with Crippen LogP contribution >= 0.6 is 11.8 Å². The topological polar surface area (TPSA) is 80.9 Å². The number of thioether (sulfide) groups is 1. The first kappa shape index (κ1) is 16.8. The van der Waals surface area contributed by atoms with Crippen LogP contribution in [0.15, 0.2) is 35.5 Å². The van der Waals surface area contributed by atoms with Crippen molar-refractivity contribution >= 4 is 23.5 Å². The number of amides is 1. The number of nitrogens with two attached hydrogens (primary N) is 1. The fraction of sp³-hybridized carbons (Fsp3) is 0.389. The van der Waals surface area contributed by atoms with Gasteiger partial charge in [0.2, 0.25) is 5.91 Å². The molecule has 1 heterocycles. The quantitative estimate of drug-likeness (QED) is 0.623. The summed E-state index contributed by atoms with van der Waals surface area (Å²) in [4.78, 5) is 20.8. The maximum absolute atomic E-state index is 12.4. The van der Waals surface area contributed by atoms with Gasteiger partial charge in [0, 0.05) is 11.8 Å². The Hall–Kier alpha value is -2.08. The van der Waals surface area contributed by atoms with E-state index in [1.807, 2.05) is 6.92 Å². The number of hydrogen-bond acceptors (Lipinski definition) is 5. The molecule has 1 saturated carbocycles. The van der Waals surface area contributed by atoms with Crippen LogP contribution < -0.4 is 11.1 Å². The van der Waals surface area contributed by atoms with E-state index < -0.39 is 0 Å². The van der Waals surface area contributed by atoms with Gasteiger partial charge in [-0.2, -0.15) is 0 Å². The summed E-state index contributed by atoms with van der Waals surface area (Å²) in [5, 5.41) is 3.71. The van der Waals surface area contributed by atoms with Gasteiger partial charge in [0.25, 0.3) is 0 Å². The van der Waals surface area contributed by atoms with Crippen molar-refractivity contribution in [1.82, 2.24) is 15.3 Å². The molecule has 24 heavy (non-hydrogen) atoms. The molecule has 2 aromatic rings. The minimum atomic E-state index is 0.00107. The molecule has 1 fully saturated rings. The third-order valence-corrected chi connectivity index (χ3v) is 4.88. The maximum atomic E-state index is 12.4. The summed E-state index contributed by atoms with van der Waals surface area (Å²) in [6.07, 6.45) is 2.34. The first-order chi connectivity index (χ1) is 11.5. The standard InChI is InChI=1S/C18H22N4OS/c1-11-3-5-13(6-4-11)17(14-7-8-14)22-16(23)10-24-18-20-12(2)9-15(19)21-18/h3-6,9,14,17H,7-8,10H2,1-2H3,(H,22,23)(H2,19,20,21)/t17-/m0/s1. The number of aryl methyl sites for hydroxylation is 2. The highest BCUT2D eigenvalue weighted by atomic mass is 32.2. The summed E-state index contributed by atoms with van der Waals surface area (Å²) in [6, 6.07) is 10.2. The van der Waals surface area contributed by atoms with Crippen molar-refractivity contribution < 1.29 is 4.79 Å². The van der Waals surface area contributed by atoms with Crippen LogP contribution in [-0.2, 0) is 4.79 Å². The summed E-state index contributed by atoms with van der Waals surface area (Å²) in [5.41, 5.74) is 8.93. The van der Waals surface area contributed by atoms with Crippen molar-refractivity contribution in [2.75, 3.05) is 11.5 Å². The van der Waals surface area contributed by atoms with E-state index in [1.54, 1.807) is 6.07 Å². The Bertz CT molecular complexity index is 708. The van der Waals surface area contributed by atoms with Crippen LogP contribution in [0.25, 0.3) is 0 Å². The fourth-order valence-electron chi connectivity index (χ4n) is 2.65. The zero-order valence-corrected chi connectivity index (χ0v) is 14.8. The molecule has 1 aliphatic rings. The van der Waals surface area contributed by atoms with Crippen LogP contribution in [0.3, 0.4) is 0 Å². The smallest absolute Gasteiger partial charge is 0.230 e. The van der Waals surface area contributed by atoms with Gasteiger partial charge in [-0.05, 0) is 38.2 Å². The molecule has 1 atom stereocenters. The van der Waals surface area contributed by atoms with Gasteiger partial charge in [0.05, 0.1) is 11.8 Å². The minimum absolute atomic E-state index is 0.00107. The van der Waals surface area contributed by atoms with Crippen LogP contribution in [0.2, 0.25) is 0 Å². The number of benzene rings is 1. The Kier molecular flexibility index (Phi) is 5.04. The second kappa shape index (κ2) is 7.21. The number of rotatable bonds is 6. The van der Waals surface area contributed by atoms with Crippen LogP contribution in [0.4, 0.5) is 5.82 Å². The Morgan fingerprint density at radius 1 is 1.29 bits per heavy atom. The average Bonchev–Trinajstić information content (AvgIpc) is 3.35. The number of aromatic nitrogens is 2. The largest absolute Gasteiger partial charge is 0.384 e. The second-order valence-corrected chi connectivity index (χ2v) is 7.24. The van der Waals surface area contributed by atoms with Gasteiger partial charge in [-0.25, -0.2) is 9.97 Å². The van der Waals surface area contributed by atoms with E-state index >= 15 is 0 Å². The molecular formula is C18H22N4OS. The van der Waals surface area contributed by atoms with Gasteiger partial charge in [-0.15, -0.1) is 0 Å². The summed E-state index contributed by atoms with van der Waals surface area (Å²) < 4.78 is 0. The van der Waals surface area contributed by atoms with Crippen LogP contribution in [0, 0.1) is 19.8 Å². The molecule has 3 N–H and O–H groups in total. The lowest BCUT2D eigenvalue weighted by atomic mass is 10.0. The van der Waals surface area contributed by atoms with Gasteiger partial charge in [0.1, 0.15) is 5.82 Å². The molecule has 6 heteroatoms. The van der Waals surface area contributed by atoms with E-state index in [9.17, 15) is 4.79 Å². The van der Waals surface area contributed by atoms with Crippen molar-refractivity contribution in [2.45, 2.75) is 37.9 Å². The van der Waals surface area contributed by atoms with E-state index in [2.05, 4.69) is 46.5 Å². The van der Waals surface area contributed by atoms with Gasteiger partial charge in [-0.1, -0.05) is 41.6 Å². The van der Waals surface area contributed by atoms with Crippen molar-refractivity contribution in [3.63, 3.8) is 0 Å². The van der Waals surface area contributed by atoms with Crippen molar-refractivity contribution in [3.8, 4) is 0 Å². The molecule has 5 nitrogen and oxygen atoms in total. The Balaban J connectivity index is 1.60. The van der Waals surface area contributed by atoms with Gasteiger partial charge < -0.3 is 11.1 Å². The van der Waals surface area contributed by atoms with Gasteiger partial charge in [-0.3, -0.25) is 4.79 Å². The Labute approximate surface area is 146 Å². The van der Waals surface area contributed by atoms with Gasteiger partial charge >= 0.3 is 0 Å². The molecule has 3 rings (SSSR count). The molecule has 1 amide bonds. The second-order valence-electron chi connectivity index (χ2n) is 6.30. The minimum Gasteiger partial charge on any atom is -0.384 e. The van der Waals surface area contributed by atoms with Gasteiger partial charge in [0.15, 0.2) is 5.16 Å². The lowest BCUT2D eigenvalue weighted by molar-refractivity contribution is -0.119. The molecule has 0 radical (unpaired) electrons. The number of anilines is 1. The SMILES string of the molecule is Cc1ccc([C@H](NC(=O)CSc2nc(C)cc(N)n2)C2CC2)cc1.